The molecule has 4 rings (SSSR count). The number of thiocarbonyl (C=S) groups is 1. The van der Waals surface area contributed by atoms with Crippen molar-refractivity contribution in [2.45, 2.75) is 62.8 Å². The SMILES string of the molecule is CC(CN1CCCC1)N1c2ccccc2Sc2ccc(C(=S)NCCC(C)(C)C)cc21. The Morgan fingerprint density at radius 2 is 1.77 bits per heavy atom. The van der Waals surface area contributed by atoms with Crippen LogP contribution < -0.4 is 10.2 Å². The Labute approximate surface area is 197 Å². The summed E-state index contributed by atoms with van der Waals surface area (Å²) in [6.07, 6.45) is 3.75. The number of hydrogen-bond acceptors (Lipinski definition) is 4. The maximum atomic E-state index is 5.77. The first kappa shape index (κ1) is 22.6. The number of nitrogens with zero attached hydrogens (tertiary/aromatic N) is 2. The number of benzene rings is 2. The van der Waals surface area contributed by atoms with E-state index in [9.17, 15) is 0 Å². The average Bonchev–Trinajstić information content (AvgIpc) is 3.23. The minimum absolute atomic E-state index is 0.306. The van der Waals surface area contributed by atoms with E-state index in [4.69, 9.17) is 12.2 Å². The van der Waals surface area contributed by atoms with E-state index >= 15 is 0 Å². The van der Waals surface area contributed by atoms with Gasteiger partial charge in [0, 0.05) is 34.5 Å². The quantitative estimate of drug-likeness (QED) is 0.503. The second kappa shape index (κ2) is 9.51. The third kappa shape index (κ3) is 5.44. The van der Waals surface area contributed by atoms with E-state index in [-0.39, 0.29) is 0 Å². The molecule has 1 fully saturated rings. The molecule has 5 heteroatoms. The molecule has 2 aromatic rings. The van der Waals surface area contributed by atoms with E-state index in [0.29, 0.717) is 11.5 Å². The second-order valence-corrected chi connectivity index (χ2v) is 11.5. The molecule has 1 atom stereocenters. The van der Waals surface area contributed by atoms with Crippen molar-refractivity contribution in [3.05, 3.63) is 48.0 Å². The highest BCUT2D eigenvalue weighted by molar-refractivity contribution is 7.99. The standard InChI is InChI=1S/C26H35N3S2/c1-19(18-28-15-7-8-16-28)29-21-9-5-6-10-23(21)31-24-12-11-20(17-22(24)29)25(30)27-14-13-26(2,3)4/h5-6,9-12,17,19H,7-8,13-16,18H2,1-4H3,(H,27,30). The predicted octanol–water partition coefficient (Wildman–Crippen LogP) is 6.47. The zero-order valence-electron chi connectivity index (χ0n) is 19.3. The Bertz CT molecular complexity index is 928. The Morgan fingerprint density at radius 3 is 2.52 bits per heavy atom. The van der Waals surface area contributed by atoms with Crippen LogP contribution in [0.15, 0.2) is 52.3 Å². The van der Waals surface area contributed by atoms with Gasteiger partial charge in [-0.2, -0.15) is 0 Å². The second-order valence-electron chi connectivity index (χ2n) is 10.0. The van der Waals surface area contributed by atoms with E-state index in [1.165, 1.54) is 47.1 Å². The zero-order valence-corrected chi connectivity index (χ0v) is 20.9. The predicted molar refractivity (Wildman–Crippen MR) is 138 cm³/mol. The minimum atomic E-state index is 0.306. The van der Waals surface area contributed by atoms with Gasteiger partial charge >= 0.3 is 0 Å². The summed E-state index contributed by atoms with van der Waals surface area (Å²) in [5.74, 6) is 0. The van der Waals surface area contributed by atoms with Gasteiger partial charge in [-0.05, 0) is 69.0 Å². The highest BCUT2D eigenvalue weighted by atomic mass is 32.2. The third-order valence-corrected chi connectivity index (χ3v) is 7.66. The molecule has 31 heavy (non-hydrogen) atoms. The fourth-order valence-corrected chi connectivity index (χ4v) is 5.75. The lowest BCUT2D eigenvalue weighted by atomic mass is 9.92. The Hall–Kier alpha value is -1.56. The molecule has 0 amide bonds. The van der Waals surface area contributed by atoms with Crippen LogP contribution in [0.4, 0.5) is 11.4 Å². The van der Waals surface area contributed by atoms with E-state index in [2.05, 4.69) is 85.3 Å². The van der Waals surface area contributed by atoms with Crippen molar-refractivity contribution in [3.63, 3.8) is 0 Å². The molecule has 1 unspecified atom stereocenters. The summed E-state index contributed by atoms with van der Waals surface area (Å²) in [6.45, 7) is 13.6. The van der Waals surface area contributed by atoms with Crippen LogP contribution in [0.2, 0.25) is 0 Å². The van der Waals surface area contributed by atoms with Gasteiger partial charge in [0.1, 0.15) is 4.99 Å². The van der Waals surface area contributed by atoms with Gasteiger partial charge in [-0.25, -0.2) is 0 Å². The van der Waals surface area contributed by atoms with Crippen LogP contribution in [0.25, 0.3) is 0 Å². The average molecular weight is 454 g/mol. The lowest BCUT2D eigenvalue weighted by Gasteiger charge is -2.39. The number of nitrogens with one attached hydrogen (secondary N) is 1. The van der Waals surface area contributed by atoms with Crippen molar-refractivity contribution in [1.29, 1.82) is 0 Å². The first-order valence-corrected chi connectivity index (χ1v) is 12.7. The minimum Gasteiger partial charge on any atom is -0.376 e. The summed E-state index contributed by atoms with van der Waals surface area (Å²) < 4.78 is 0. The first-order chi connectivity index (χ1) is 14.8. The van der Waals surface area contributed by atoms with Crippen molar-refractivity contribution >= 4 is 40.3 Å². The number of hydrogen-bond donors (Lipinski definition) is 1. The molecule has 2 aliphatic heterocycles. The molecule has 2 heterocycles. The van der Waals surface area contributed by atoms with Crippen molar-refractivity contribution in [3.8, 4) is 0 Å². The van der Waals surface area contributed by atoms with Crippen LogP contribution in [0.5, 0.6) is 0 Å². The third-order valence-electron chi connectivity index (χ3n) is 6.15. The summed E-state index contributed by atoms with van der Waals surface area (Å²) >= 11 is 7.64. The van der Waals surface area contributed by atoms with Crippen LogP contribution in [-0.2, 0) is 0 Å². The molecule has 0 radical (unpaired) electrons. The van der Waals surface area contributed by atoms with E-state index in [1.54, 1.807) is 0 Å². The molecular formula is C26H35N3S2. The number of fused-ring (bicyclic) bond motifs is 2. The lowest BCUT2D eigenvalue weighted by Crippen LogP contribution is -2.40. The number of likely N-dealkylation sites (tertiary alicyclic amines) is 1. The van der Waals surface area contributed by atoms with Crippen molar-refractivity contribution < 1.29 is 0 Å². The fourth-order valence-electron chi connectivity index (χ4n) is 4.47. The largest absolute Gasteiger partial charge is 0.376 e. The van der Waals surface area contributed by atoms with Gasteiger partial charge in [-0.3, -0.25) is 0 Å². The van der Waals surface area contributed by atoms with Crippen LogP contribution in [0.3, 0.4) is 0 Å². The van der Waals surface area contributed by atoms with Gasteiger partial charge in [-0.15, -0.1) is 0 Å². The van der Waals surface area contributed by atoms with Gasteiger partial charge in [0.2, 0.25) is 0 Å². The van der Waals surface area contributed by atoms with E-state index < -0.39 is 0 Å². The van der Waals surface area contributed by atoms with E-state index in [0.717, 1.165) is 30.1 Å². The van der Waals surface area contributed by atoms with Gasteiger partial charge in [-0.1, -0.05) is 63.0 Å². The van der Waals surface area contributed by atoms with Gasteiger partial charge in [0.05, 0.1) is 11.4 Å². The normalized spacial score (nSPS) is 17.2. The molecule has 2 aromatic carbocycles. The number of para-hydroxylation sites is 1. The lowest BCUT2D eigenvalue weighted by molar-refractivity contribution is 0.319. The Kier molecular flexibility index (Phi) is 6.95. The highest BCUT2D eigenvalue weighted by Crippen LogP contribution is 2.49. The van der Waals surface area contributed by atoms with Crippen molar-refractivity contribution in [1.82, 2.24) is 10.2 Å². The maximum absolute atomic E-state index is 5.77. The molecule has 1 saturated heterocycles. The molecule has 0 aliphatic carbocycles. The van der Waals surface area contributed by atoms with Crippen LogP contribution >= 0.6 is 24.0 Å². The van der Waals surface area contributed by atoms with Gasteiger partial charge in [0.25, 0.3) is 0 Å². The molecule has 2 aliphatic rings. The molecule has 166 valence electrons. The summed E-state index contributed by atoms with van der Waals surface area (Å²) in [7, 11) is 0. The highest BCUT2D eigenvalue weighted by Gasteiger charge is 2.29. The topological polar surface area (TPSA) is 18.5 Å². The molecule has 0 spiro atoms. The summed E-state index contributed by atoms with van der Waals surface area (Å²) in [5.41, 5.74) is 4.02. The first-order valence-electron chi connectivity index (χ1n) is 11.5. The number of anilines is 2. The van der Waals surface area contributed by atoms with Crippen LogP contribution in [0, 0.1) is 5.41 Å². The molecule has 3 nitrogen and oxygen atoms in total. The van der Waals surface area contributed by atoms with Crippen LogP contribution in [-0.4, -0.2) is 42.1 Å². The monoisotopic (exact) mass is 453 g/mol. The van der Waals surface area contributed by atoms with Crippen LogP contribution in [0.1, 0.15) is 52.5 Å². The maximum Gasteiger partial charge on any atom is 0.106 e. The van der Waals surface area contributed by atoms with Gasteiger partial charge in [0.15, 0.2) is 0 Å². The summed E-state index contributed by atoms with van der Waals surface area (Å²) in [5, 5.41) is 3.48. The number of rotatable bonds is 6. The molecular weight excluding hydrogens is 418 g/mol. The van der Waals surface area contributed by atoms with Crippen molar-refractivity contribution in [2.75, 3.05) is 31.1 Å². The van der Waals surface area contributed by atoms with E-state index in [1.807, 2.05) is 11.8 Å². The molecule has 0 bridgehead atoms. The van der Waals surface area contributed by atoms with Crippen molar-refractivity contribution in [2.24, 2.45) is 5.41 Å². The molecule has 0 aromatic heterocycles. The Morgan fingerprint density at radius 1 is 1.06 bits per heavy atom. The fraction of sp³-hybridized carbons (Fsp3) is 0.500. The summed E-state index contributed by atoms with van der Waals surface area (Å²) in [4.78, 5) is 8.65. The molecule has 1 N–H and O–H groups in total. The van der Waals surface area contributed by atoms with Gasteiger partial charge < -0.3 is 15.1 Å². The zero-order chi connectivity index (χ0) is 22.0. The Balaban J connectivity index is 1.60. The smallest absolute Gasteiger partial charge is 0.106 e. The molecule has 0 saturated carbocycles. The summed E-state index contributed by atoms with van der Waals surface area (Å²) in [6, 6.07) is 15.9.